The van der Waals surface area contributed by atoms with Crippen molar-refractivity contribution >= 4 is 17.8 Å². The van der Waals surface area contributed by atoms with Gasteiger partial charge in [0.25, 0.3) is 5.91 Å². The van der Waals surface area contributed by atoms with E-state index in [2.05, 4.69) is 11.1 Å². The maximum Gasteiger partial charge on any atom is 0.373 e. The molecule has 1 aliphatic rings. The van der Waals surface area contributed by atoms with Gasteiger partial charge in [0.1, 0.15) is 11.5 Å². The van der Waals surface area contributed by atoms with Crippen LogP contribution in [-0.4, -0.2) is 50.0 Å². The van der Waals surface area contributed by atoms with Crippen molar-refractivity contribution in [2.24, 2.45) is 0 Å². The van der Waals surface area contributed by atoms with Crippen molar-refractivity contribution in [3.8, 4) is 11.4 Å². The molecule has 0 unspecified atom stereocenters. The fraction of sp³-hybridized carbons (Fsp3) is 0.200. The summed E-state index contributed by atoms with van der Waals surface area (Å²) in [5, 5.41) is 10.1. The van der Waals surface area contributed by atoms with Crippen LogP contribution in [-0.2, 0) is 29.1 Å². The Morgan fingerprint density at radius 2 is 1.58 bits per heavy atom. The van der Waals surface area contributed by atoms with Crippen LogP contribution in [0.25, 0.3) is 11.4 Å². The van der Waals surface area contributed by atoms with E-state index in [1.165, 1.54) is 6.92 Å². The van der Waals surface area contributed by atoms with Gasteiger partial charge in [-0.3, -0.25) is 9.59 Å². The molecular weight excluding hydrogens is 482 g/mol. The molecular formula is C30H27N3O5. The van der Waals surface area contributed by atoms with Gasteiger partial charge in [0.05, 0.1) is 18.2 Å². The van der Waals surface area contributed by atoms with Crippen molar-refractivity contribution in [1.29, 1.82) is 0 Å². The average Bonchev–Trinajstić information content (AvgIpc) is 3.37. The number of fused-ring (bicyclic) bond motifs is 1. The van der Waals surface area contributed by atoms with Crippen molar-refractivity contribution in [2.75, 3.05) is 6.61 Å². The van der Waals surface area contributed by atoms with Gasteiger partial charge in [-0.1, -0.05) is 72.8 Å². The molecule has 0 saturated heterocycles. The molecule has 0 saturated carbocycles. The standard InChI is InChI=1S/C29H27N3O3.CO2/c1-20(34)27-18-31(16-21-9-3-2-4-10-21)28(30-27)25-13-7-8-14-26(25)29(35)32-17-23-12-6-5-11-22(23)15-24(32)19-33;2-1-3/h2-14,18,24,33H,15-17,19H2,1H3;/t24-;/m0./s1. The first-order chi connectivity index (χ1) is 18.5. The molecule has 1 amide bonds. The average molecular weight is 510 g/mol. The Morgan fingerprint density at radius 3 is 2.26 bits per heavy atom. The second-order valence-electron chi connectivity index (χ2n) is 8.99. The molecule has 0 aliphatic carbocycles. The molecule has 1 aliphatic heterocycles. The monoisotopic (exact) mass is 509 g/mol. The Morgan fingerprint density at radius 1 is 0.947 bits per heavy atom. The van der Waals surface area contributed by atoms with Crippen LogP contribution in [0.1, 0.15) is 44.5 Å². The number of aliphatic hydroxyl groups excluding tert-OH is 1. The first-order valence-electron chi connectivity index (χ1n) is 12.2. The van der Waals surface area contributed by atoms with Gasteiger partial charge in [0.2, 0.25) is 0 Å². The molecule has 1 aromatic heterocycles. The van der Waals surface area contributed by atoms with Gasteiger partial charge in [0.15, 0.2) is 5.78 Å². The molecule has 2 heterocycles. The zero-order valence-corrected chi connectivity index (χ0v) is 20.9. The zero-order valence-electron chi connectivity index (χ0n) is 20.9. The van der Waals surface area contributed by atoms with E-state index in [-0.39, 0.29) is 30.5 Å². The normalized spacial score (nSPS) is 14.1. The fourth-order valence-corrected chi connectivity index (χ4v) is 4.71. The summed E-state index contributed by atoms with van der Waals surface area (Å²) in [6.45, 7) is 2.34. The molecule has 5 rings (SSSR count). The Hall–Kier alpha value is -4.65. The van der Waals surface area contributed by atoms with Gasteiger partial charge in [0, 0.05) is 31.8 Å². The molecule has 0 radical (unpaired) electrons. The summed E-state index contributed by atoms with van der Waals surface area (Å²) < 4.78 is 1.92. The van der Waals surface area contributed by atoms with Gasteiger partial charge >= 0.3 is 6.15 Å². The number of Topliss-reactive ketones (excluding diaryl/α,β-unsaturated/α-hetero) is 1. The SMILES string of the molecule is CC(=O)c1cn(Cc2ccccc2)c(-c2ccccc2C(=O)N2Cc3ccccc3C[C@H]2CO)n1.O=C=O. The second-order valence-corrected chi connectivity index (χ2v) is 8.99. The van der Waals surface area contributed by atoms with E-state index < -0.39 is 0 Å². The van der Waals surface area contributed by atoms with E-state index >= 15 is 0 Å². The van der Waals surface area contributed by atoms with Crippen molar-refractivity contribution in [3.63, 3.8) is 0 Å². The first kappa shape index (κ1) is 26.4. The Bertz CT molecular complexity index is 1470. The molecule has 1 N–H and O–H groups in total. The lowest BCUT2D eigenvalue weighted by molar-refractivity contribution is -0.191. The summed E-state index contributed by atoms with van der Waals surface area (Å²) in [6, 6.07) is 25.0. The number of benzene rings is 3. The van der Waals surface area contributed by atoms with E-state index in [4.69, 9.17) is 9.59 Å². The number of hydrogen-bond donors (Lipinski definition) is 1. The maximum absolute atomic E-state index is 13.9. The number of carbonyl (C=O) groups excluding carboxylic acids is 4. The molecule has 1 atom stereocenters. The number of rotatable bonds is 6. The number of hydrogen-bond acceptors (Lipinski definition) is 6. The number of carbonyl (C=O) groups is 2. The summed E-state index contributed by atoms with van der Waals surface area (Å²) in [5.41, 5.74) is 4.84. The van der Waals surface area contributed by atoms with Crippen LogP contribution in [0.5, 0.6) is 0 Å². The molecule has 3 aromatic carbocycles. The minimum atomic E-state index is -0.303. The Labute approximate surface area is 220 Å². The summed E-state index contributed by atoms with van der Waals surface area (Å²) >= 11 is 0. The number of ketones is 1. The Kier molecular flexibility index (Phi) is 8.38. The molecule has 8 nitrogen and oxygen atoms in total. The third-order valence-corrected chi connectivity index (χ3v) is 6.56. The van der Waals surface area contributed by atoms with E-state index in [9.17, 15) is 14.7 Å². The highest BCUT2D eigenvalue weighted by Gasteiger charge is 2.31. The molecule has 38 heavy (non-hydrogen) atoms. The van der Waals surface area contributed by atoms with Gasteiger partial charge in [-0.15, -0.1) is 0 Å². The van der Waals surface area contributed by atoms with Crippen molar-refractivity contribution < 1.29 is 24.3 Å². The summed E-state index contributed by atoms with van der Waals surface area (Å²) in [4.78, 5) is 48.7. The molecule has 4 aromatic rings. The van der Waals surface area contributed by atoms with Crippen LogP contribution in [0.15, 0.2) is 85.1 Å². The minimum absolute atomic E-state index is 0.112. The summed E-state index contributed by atoms with van der Waals surface area (Å²) in [7, 11) is 0. The second kappa shape index (κ2) is 12.1. The van der Waals surface area contributed by atoms with E-state index in [1.807, 2.05) is 71.3 Å². The van der Waals surface area contributed by atoms with Gasteiger partial charge < -0.3 is 14.6 Å². The van der Waals surface area contributed by atoms with Crippen LogP contribution in [0.3, 0.4) is 0 Å². The zero-order chi connectivity index (χ0) is 27.1. The van der Waals surface area contributed by atoms with Crippen LogP contribution >= 0.6 is 0 Å². The highest BCUT2D eigenvalue weighted by Crippen LogP contribution is 2.29. The third kappa shape index (κ3) is 5.67. The molecule has 0 fully saturated rings. The number of nitrogens with zero attached hydrogens (tertiary/aromatic N) is 3. The van der Waals surface area contributed by atoms with Gasteiger partial charge in [-0.2, -0.15) is 9.59 Å². The van der Waals surface area contributed by atoms with Crippen LogP contribution in [0.2, 0.25) is 0 Å². The molecule has 192 valence electrons. The summed E-state index contributed by atoms with van der Waals surface area (Å²) in [6.07, 6.45) is 2.61. The van der Waals surface area contributed by atoms with Crippen molar-refractivity contribution in [1.82, 2.24) is 14.5 Å². The number of aliphatic hydroxyl groups is 1. The van der Waals surface area contributed by atoms with Crippen LogP contribution < -0.4 is 0 Å². The largest absolute Gasteiger partial charge is 0.394 e. The highest BCUT2D eigenvalue weighted by atomic mass is 16.3. The van der Waals surface area contributed by atoms with Gasteiger partial charge in [-0.05, 0) is 29.2 Å². The predicted octanol–water partition coefficient (Wildman–Crippen LogP) is 3.78. The highest BCUT2D eigenvalue weighted by molar-refractivity contribution is 6.01. The Balaban J connectivity index is 0.00000107. The van der Waals surface area contributed by atoms with Crippen LogP contribution in [0, 0.1) is 0 Å². The van der Waals surface area contributed by atoms with E-state index in [1.54, 1.807) is 17.2 Å². The lowest BCUT2D eigenvalue weighted by Gasteiger charge is -2.36. The lowest BCUT2D eigenvalue weighted by Crippen LogP contribution is -2.46. The third-order valence-electron chi connectivity index (χ3n) is 6.56. The number of amides is 1. The quantitative estimate of drug-likeness (QED) is 0.396. The number of imidazole rings is 1. The smallest absolute Gasteiger partial charge is 0.373 e. The number of aromatic nitrogens is 2. The topological polar surface area (TPSA) is 110 Å². The van der Waals surface area contributed by atoms with E-state index in [0.717, 1.165) is 16.7 Å². The minimum Gasteiger partial charge on any atom is -0.394 e. The molecule has 0 bridgehead atoms. The van der Waals surface area contributed by atoms with Crippen molar-refractivity contribution in [3.05, 3.63) is 113 Å². The first-order valence-corrected chi connectivity index (χ1v) is 12.2. The predicted molar refractivity (Wildman–Crippen MR) is 139 cm³/mol. The summed E-state index contributed by atoms with van der Waals surface area (Å²) in [5.74, 6) is 0.281. The van der Waals surface area contributed by atoms with Gasteiger partial charge in [-0.25, -0.2) is 4.98 Å². The molecule has 0 spiro atoms. The van der Waals surface area contributed by atoms with Crippen LogP contribution in [0.4, 0.5) is 0 Å². The maximum atomic E-state index is 13.9. The van der Waals surface area contributed by atoms with Crippen molar-refractivity contribution in [2.45, 2.75) is 32.5 Å². The lowest BCUT2D eigenvalue weighted by atomic mass is 9.93. The fourth-order valence-electron chi connectivity index (χ4n) is 4.71. The molecule has 8 heteroatoms. The van der Waals surface area contributed by atoms with E-state index in [0.29, 0.717) is 42.2 Å².